The van der Waals surface area contributed by atoms with E-state index in [-0.39, 0.29) is 16.9 Å². The van der Waals surface area contributed by atoms with E-state index < -0.39 is 35.6 Å². The standard InChI is InChI=1S/C30H23F2N5O5/c1-17(18-6-4-3-5-7-18)41-30(40)34-28-26(35-36-37(28)2)20-10-8-19(9-11-20)21-14-23(31)27(24(32)15-21)42-25-12-13-33-16-22(25)29(38)39/h3-17H,1-2H3,(H,34,40)(H,38,39)/t17-/m1/s1. The van der Waals surface area contributed by atoms with Gasteiger partial charge in [0.15, 0.2) is 23.2 Å². The van der Waals surface area contributed by atoms with E-state index in [2.05, 4.69) is 20.6 Å². The van der Waals surface area contributed by atoms with Crippen molar-refractivity contribution in [1.82, 2.24) is 20.0 Å². The number of pyridine rings is 1. The maximum Gasteiger partial charge on any atom is 0.413 e. The van der Waals surface area contributed by atoms with Crippen LogP contribution < -0.4 is 10.1 Å². The third-order valence-electron chi connectivity index (χ3n) is 6.31. The number of hydrogen-bond acceptors (Lipinski definition) is 7. The van der Waals surface area contributed by atoms with Crippen molar-refractivity contribution in [2.24, 2.45) is 7.05 Å². The van der Waals surface area contributed by atoms with Crippen molar-refractivity contribution in [3.05, 3.63) is 108 Å². The van der Waals surface area contributed by atoms with E-state index in [9.17, 15) is 23.5 Å². The molecule has 0 aliphatic carbocycles. The first kappa shape index (κ1) is 27.9. The number of ether oxygens (including phenoxy) is 2. The van der Waals surface area contributed by atoms with Gasteiger partial charge in [-0.3, -0.25) is 10.3 Å². The summed E-state index contributed by atoms with van der Waals surface area (Å²) in [5, 5.41) is 20.1. The van der Waals surface area contributed by atoms with Crippen molar-refractivity contribution < 1.29 is 33.0 Å². The van der Waals surface area contributed by atoms with E-state index in [0.717, 1.165) is 23.9 Å². The van der Waals surface area contributed by atoms with Gasteiger partial charge in [-0.05, 0) is 35.7 Å². The normalized spacial score (nSPS) is 11.5. The first-order chi connectivity index (χ1) is 20.2. The summed E-state index contributed by atoms with van der Waals surface area (Å²) in [7, 11) is 1.61. The van der Waals surface area contributed by atoms with Gasteiger partial charge in [0.25, 0.3) is 0 Å². The van der Waals surface area contributed by atoms with E-state index in [1.165, 1.54) is 16.9 Å². The van der Waals surface area contributed by atoms with Gasteiger partial charge < -0.3 is 14.6 Å². The molecule has 0 saturated heterocycles. The van der Waals surface area contributed by atoms with Gasteiger partial charge in [0, 0.05) is 31.1 Å². The topological polar surface area (TPSA) is 128 Å². The largest absolute Gasteiger partial charge is 0.477 e. The van der Waals surface area contributed by atoms with Crippen LogP contribution in [0.25, 0.3) is 22.4 Å². The van der Waals surface area contributed by atoms with Crippen LogP contribution in [0.2, 0.25) is 0 Å². The molecule has 2 N–H and O–H groups in total. The maximum atomic E-state index is 14.9. The second-order valence-corrected chi connectivity index (χ2v) is 9.12. The second kappa shape index (κ2) is 11.8. The minimum absolute atomic E-state index is 0.216. The molecule has 0 fully saturated rings. The molecule has 0 bridgehead atoms. The zero-order valence-electron chi connectivity index (χ0n) is 22.3. The molecule has 5 aromatic rings. The molecule has 0 saturated carbocycles. The lowest BCUT2D eigenvalue weighted by Crippen LogP contribution is -2.18. The van der Waals surface area contributed by atoms with Gasteiger partial charge >= 0.3 is 12.1 Å². The molecule has 10 nitrogen and oxygen atoms in total. The van der Waals surface area contributed by atoms with Crippen LogP contribution in [0.3, 0.4) is 0 Å². The number of amides is 1. The summed E-state index contributed by atoms with van der Waals surface area (Å²) in [5.74, 6) is -4.09. The van der Waals surface area contributed by atoms with Crippen LogP contribution in [0.1, 0.15) is 28.9 Å². The molecule has 0 spiro atoms. The minimum atomic E-state index is -1.35. The number of carbonyl (C=O) groups excluding carboxylic acids is 1. The Hall–Kier alpha value is -5.65. The fourth-order valence-corrected chi connectivity index (χ4v) is 4.16. The molecule has 12 heteroatoms. The first-order valence-corrected chi connectivity index (χ1v) is 12.6. The lowest BCUT2D eigenvalue weighted by atomic mass is 10.0. The quantitative estimate of drug-likeness (QED) is 0.213. The monoisotopic (exact) mass is 571 g/mol. The number of nitrogens with zero attached hydrogens (tertiary/aromatic N) is 4. The Bertz CT molecular complexity index is 1740. The SMILES string of the molecule is C[C@@H](OC(=O)Nc1c(-c2ccc(-c3cc(F)c(Oc4ccncc4C(=O)O)c(F)c3)cc2)nnn1C)c1ccccc1. The van der Waals surface area contributed by atoms with Crippen LogP contribution >= 0.6 is 0 Å². The summed E-state index contributed by atoms with van der Waals surface area (Å²) in [6.07, 6.45) is 1.09. The van der Waals surface area contributed by atoms with Gasteiger partial charge in [0.05, 0.1) is 0 Å². The Morgan fingerprint density at radius 2 is 1.62 bits per heavy atom. The van der Waals surface area contributed by atoms with Gasteiger partial charge in [0.2, 0.25) is 0 Å². The summed E-state index contributed by atoms with van der Waals surface area (Å²) in [4.78, 5) is 27.7. The lowest BCUT2D eigenvalue weighted by molar-refractivity contribution is 0.0693. The highest BCUT2D eigenvalue weighted by Crippen LogP contribution is 2.34. The van der Waals surface area contributed by atoms with Crippen LogP contribution in [-0.4, -0.2) is 37.1 Å². The smallest absolute Gasteiger partial charge is 0.413 e. The van der Waals surface area contributed by atoms with E-state index in [1.807, 2.05) is 30.3 Å². The summed E-state index contributed by atoms with van der Waals surface area (Å²) < 4.78 is 42.0. The molecule has 5 rings (SSSR count). The number of benzene rings is 3. The predicted octanol–water partition coefficient (Wildman–Crippen LogP) is 6.62. The Morgan fingerprint density at radius 3 is 2.29 bits per heavy atom. The highest BCUT2D eigenvalue weighted by atomic mass is 19.1. The molecule has 2 heterocycles. The number of aryl methyl sites for hydroxylation is 1. The number of nitrogens with one attached hydrogen (secondary N) is 1. The molecule has 2 aromatic heterocycles. The van der Waals surface area contributed by atoms with Crippen molar-refractivity contribution in [2.45, 2.75) is 13.0 Å². The summed E-state index contributed by atoms with van der Waals surface area (Å²) in [6, 6.07) is 19.2. The Morgan fingerprint density at radius 1 is 0.952 bits per heavy atom. The van der Waals surface area contributed by atoms with Crippen molar-refractivity contribution in [1.29, 1.82) is 0 Å². The Balaban J connectivity index is 1.34. The van der Waals surface area contributed by atoms with Gasteiger partial charge in [-0.15, -0.1) is 5.10 Å². The Labute approximate surface area is 238 Å². The molecule has 0 radical (unpaired) electrons. The number of halogens is 2. The maximum absolute atomic E-state index is 14.9. The minimum Gasteiger partial charge on any atom is -0.477 e. The van der Waals surface area contributed by atoms with Gasteiger partial charge in [-0.2, -0.15) is 0 Å². The number of aromatic carboxylic acids is 1. The number of carboxylic acid groups (broad SMARTS) is 1. The third kappa shape index (κ3) is 5.92. The fraction of sp³-hybridized carbons (Fsp3) is 0.100. The van der Waals surface area contributed by atoms with E-state index >= 15 is 0 Å². The van der Waals surface area contributed by atoms with Crippen molar-refractivity contribution in [3.63, 3.8) is 0 Å². The lowest BCUT2D eigenvalue weighted by Gasteiger charge is -2.14. The molecule has 3 aromatic carbocycles. The van der Waals surface area contributed by atoms with Crippen LogP contribution in [0.4, 0.5) is 19.4 Å². The van der Waals surface area contributed by atoms with Crippen LogP contribution in [0, 0.1) is 11.6 Å². The first-order valence-electron chi connectivity index (χ1n) is 12.6. The number of carbonyl (C=O) groups is 2. The second-order valence-electron chi connectivity index (χ2n) is 9.12. The van der Waals surface area contributed by atoms with Crippen LogP contribution in [0.15, 0.2) is 85.2 Å². The van der Waals surface area contributed by atoms with Crippen LogP contribution in [-0.2, 0) is 11.8 Å². The van der Waals surface area contributed by atoms with E-state index in [1.54, 1.807) is 38.2 Å². The third-order valence-corrected chi connectivity index (χ3v) is 6.31. The van der Waals surface area contributed by atoms with Gasteiger partial charge in [-0.1, -0.05) is 59.8 Å². The molecular formula is C30H23F2N5O5. The number of carboxylic acids is 1. The van der Waals surface area contributed by atoms with Crippen molar-refractivity contribution in [3.8, 4) is 33.9 Å². The van der Waals surface area contributed by atoms with Gasteiger partial charge in [-0.25, -0.2) is 23.1 Å². The summed E-state index contributed by atoms with van der Waals surface area (Å²) >= 11 is 0. The zero-order chi connectivity index (χ0) is 29.8. The number of anilines is 1. The van der Waals surface area contributed by atoms with Crippen LogP contribution in [0.5, 0.6) is 11.5 Å². The summed E-state index contributed by atoms with van der Waals surface area (Å²) in [6.45, 7) is 1.76. The molecule has 1 amide bonds. The average Bonchev–Trinajstić information content (AvgIpc) is 3.34. The fourth-order valence-electron chi connectivity index (χ4n) is 4.16. The highest BCUT2D eigenvalue weighted by Gasteiger charge is 2.21. The predicted molar refractivity (Wildman–Crippen MR) is 148 cm³/mol. The molecule has 42 heavy (non-hydrogen) atoms. The molecule has 1 atom stereocenters. The van der Waals surface area contributed by atoms with Crippen molar-refractivity contribution in [2.75, 3.05) is 5.32 Å². The number of rotatable bonds is 8. The zero-order valence-corrected chi connectivity index (χ0v) is 22.3. The molecular weight excluding hydrogens is 548 g/mol. The molecule has 0 aliphatic heterocycles. The molecule has 0 aliphatic rings. The Kier molecular flexibility index (Phi) is 7.87. The van der Waals surface area contributed by atoms with Gasteiger partial charge in [0.1, 0.15) is 23.1 Å². The average molecular weight is 572 g/mol. The highest BCUT2D eigenvalue weighted by molar-refractivity contribution is 5.90. The molecule has 212 valence electrons. The summed E-state index contributed by atoms with van der Waals surface area (Å²) in [5.41, 5.74) is 2.13. The number of aromatic nitrogens is 4. The molecule has 0 unspecified atom stereocenters. The van der Waals surface area contributed by atoms with Crippen molar-refractivity contribution >= 4 is 17.9 Å². The number of hydrogen-bond donors (Lipinski definition) is 2. The van der Waals surface area contributed by atoms with E-state index in [0.29, 0.717) is 22.6 Å². The van der Waals surface area contributed by atoms with E-state index in [4.69, 9.17) is 9.47 Å².